The Bertz CT molecular complexity index is 985. The zero-order valence-corrected chi connectivity index (χ0v) is 18.8. The average molecular weight is 453 g/mol. The number of piperazine rings is 1. The number of rotatable bonds is 6. The van der Waals surface area contributed by atoms with Crippen LogP contribution in [0.4, 0.5) is 5.13 Å². The number of hydrogen-bond donors (Lipinski definition) is 3. The van der Waals surface area contributed by atoms with Crippen LogP contribution in [-0.2, 0) is 4.79 Å². The third-order valence-corrected chi connectivity index (χ3v) is 7.05. The Labute approximate surface area is 192 Å². The SMILES string of the molecule is N#CCNC(=O)C1(NC(=O)c2ccc(-c3csc(N4CCNCC4)n3)cc2)CCCCC1. The largest absolute Gasteiger partial charge is 0.346 e. The van der Waals surface area contributed by atoms with Crippen molar-refractivity contribution in [3.8, 4) is 17.3 Å². The van der Waals surface area contributed by atoms with Gasteiger partial charge in [-0.25, -0.2) is 4.98 Å². The minimum Gasteiger partial charge on any atom is -0.346 e. The van der Waals surface area contributed by atoms with Crippen LogP contribution in [0.2, 0.25) is 0 Å². The van der Waals surface area contributed by atoms with E-state index in [1.165, 1.54) is 0 Å². The summed E-state index contributed by atoms with van der Waals surface area (Å²) in [4.78, 5) is 32.8. The molecule has 2 fully saturated rings. The van der Waals surface area contributed by atoms with Crippen molar-refractivity contribution >= 4 is 28.3 Å². The van der Waals surface area contributed by atoms with E-state index < -0.39 is 5.54 Å². The fourth-order valence-corrected chi connectivity index (χ4v) is 5.22. The lowest BCUT2D eigenvalue weighted by molar-refractivity contribution is -0.128. The standard InChI is InChI=1S/C23H28N6O2S/c24-10-11-26-21(31)23(8-2-1-3-9-23)28-20(30)18-6-4-17(5-7-18)19-16-32-22(27-19)29-14-12-25-13-15-29/h4-7,16,25H,1-3,8-9,11-15H2,(H,26,31)(H,28,30). The second-order valence-corrected chi connectivity index (χ2v) is 9.10. The molecule has 1 saturated heterocycles. The van der Waals surface area contributed by atoms with E-state index in [-0.39, 0.29) is 18.4 Å². The molecule has 8 nitrogen and oxygen atoms in total. The summed E-state index contributed by atoms with van der Waals surface area (Å²) in [7, 11) is 0. The van der Waals surface area contributed by atoms with Gasteiger partial charge in [0.05, 0.1) is 11.8 Å². The molecule has 0 radical (unpaired) electrons. The van der Waals surface area contributed by atoms with Crippen LogP contribution >= 0.6 is 11.3 Å². The number of carbonyl (C=O) groups excluding carboxylic acids is 2. The Morgan fingerprint density at radius 1 is 1.16 bits per heavy atom. The van der Waals surface area contributed by atoms with Crippen molar-refractivity contribution in [3.63, 3.8) is 0 Å². The number of anilines is 1. The van der Waals surface area contributed by atoms with Crippen molar-refractivity contribution in [3.05, 3.63) is 35.2 Å². The highest BCUT2D eigenvalue weighted by Crippen LogP contribution is 2.30. The van der Waals surface area contributed by atoms with Crippen LogP contribution in [0.1, 0.15) is 42.5 Å². The van der Waals surface area contributed by atoms with E-state index in [1.54, 1.807) is 23.5 Å². The first-order valence-corrected chi connectivity index (χ1v) is 12.0. The van der Waals surface area contributed by atoms with Gasteiger partial charge in [-0.1, -0.05) is 31.4 Å². The molecule has 0 spiro atoms. The summed E-state index contributed by atoms with van der Waals surface area (Å²) in [5, 5.41) is 20.8. The minimum atomic E-state index is -0.946. The Hall–Kier alpha value is -2.96. The number of nitrogens with one attached hydrogen (secondary N) is 3. The molecule has 1 aromatic heterocycles. The fourth-order valence-electron chi connectivity index (χ4n) is 4.33. The Balaban J connectivity index is 1.45. The molecule has 0 bridgehead atoms. The smallest absolute Gasteiger partial charge is 0.252 e. The highest BCUT2D eigenvalue weighted by atomic mass is 32.1. The average Bonchev–Trinajstić information content (AvgIpc) is 3.34. The van der Waals surface area contributed by atoms with Crippen molar-refractivity contribution in [1.29, 1.82) is 5.26 Å². The molecular formula is C23H28N6O2S. The number of carbonyl (C=O) groups is 2. The molecule has 9 heteroatoms. The number of nitriles is 1. The quantitative estimate of drug-likeness (QED) is 0.580. The molecule has 2 amide bonds. The number of amides is 2. The predicted octanol–water partition coefficient (Wildman–Crippen LogP) is 2.29. The summed E-state index contributed by atoms with van der Waals surface area (Å²) in [6.07, 6.45) is 3.96. The zero-order chi connectivity index (χ0) is 22.4. The monoisotopic (exact) mass is 452 g/mol. The Morgan fingerprint density at radius 2 is 1.88 bits per heavy atom. The van der Waals surface area contributed by atoms with Gasteiger partial charge in [-0.15, -0.1) is 11.3 Å². The third kappa shape index (κ3) is 4.92. The van der Waals surface area contributed by atoms with Gasteiger partial charge in [0.2, 0.25) is 5.91 Å². The third-order valence-electron chi connectivity index (χ3n) is 6.14. The molecule has 2 aliphatic rings. The van der Waals surface area contributed by atoms with E-state index in [0.29, 0.717) is 18.4 Å². The highest BCUT2D eigenvalue weighted by Gasteiger charge is 2.40. The lowest BCUT2D eigenvalue weighted by atomic mass is 9.80. The Morgan fingerprint density at radius 3 is 2.56 bits per heavy atom. The van der Waals surface area contributed by atoms with Crippen LogP contribution in [-0.4, -0.2) is 55.1 Å². The summed E-state index contributed by atoms with van der Waals surface area (Å²) < 4.78 is 0. The second kappa shape index (κ2) is 10.1. The van der Waals surface area contributed by atoms with Gasteiger partial charge in [0, 0.05) is 42.7 Å². The van der Waals surface area contributed by atoms with Gasteiger partial charge in [0.1, 0.15) is 12.1 Å². The number of aromatic nitrogens is 1. The molecule has 168 valence electrons. The van der Waals surface area contributed by atoms with Crippen LogP contribution in [0.3, 0.4) is 0 Å². The van der Waals surface area contributed by atoms with Gasteiger partial charge in [0.15, 0.2) is 5.13 Å². The predicted molar refractivity (Wildman–Crippen MR) is 125 cm³/mol. The molecule has 3 N–H and O–H groups in total. The van der Waals surface area contributed by atoms with E-state index in [4.69, 9.17) is 10.2 Å². The summed E-state index contributed by atoms with van der Waals surface area (Å²) in [5.74, 6) is -0.544. The normalized spacial score (nSPS) is 17.9. The van der Waals surface area contributed by atoms with E-state index in [0.717, 1.165) is 61.8 Å². The first-order valence-electron chi connectivity index (χ1n) is 11.1. The van der Waals surface area contributed by atoms with E-state index in [9.17, 15) is 9.59 Å². The van der Waals surface area contributed by atoms with Gasteiger partial charge < -0.3 is 20.9 Å². The number of thiazole rings is 1. The molecule has 4 rings (SSSR count). The van der Waals surface area contributed by atoms with E-state index in [2.05, 4.69) is 20.9 Å². The second-order valence-electron chi connectivity index (χ2n) is 8.27. The molecule has 32 heavy (non-hydrogen) atoms. The zero-order valence-electron chi connectivity index (χ0n) is 18.0. The topological polar surface area (TPSA) is 110 Å². The lowest BCUT2D eigenvalue weighted by Gasteiger charge is -2.36. The molecule has 1 aromatic carbocycles. The summed E-state index contributed by atoms with van der Waals surface area (Å²) in [6, 6.07) is 9.28. The first-order chi connectivity index (χ1) is 15.6. The number of benzene rings is 1. The Kier molecular flexibility index (Phi) is 7.02. The van der Waals surface area contributed by atoms with E-state index >= 15 is 0 Å². The molecule has 1 aliphatic heterocycles. The van der Waals surface area contributed by atoms with Crippen molar-refractivity contribution in [1.82, 2.24) is 20.9 Å². The molecule has 1 saturated carbocycles. The van der Waals surface area contributed by atoms with Crippen LogP contribution < -0.4 is 20.9 Å². The van der Waals surface area contributed by atoms with Gasteiger partial charge in [0.25, 0.3) is 5.91 Å². The van der Waals surface area contributed by atoms with Crippen molar-refractivity contribution in [2.75, 3.05) is 37.6 Å². The molecular weight excluding hydrogens is 424 g/mol. The van der Waals surface area contributed by atoms with Crippen molar-refractivity contribution in [2.24, 2.45) is 0 Å². The fraction of sp³-hybridized carbons (Fsp3) is 0.478. The first kappa shape index (κ1) is 22.2. The maximum absolute atomic E-state index is 13.0. The molecule has 2 aromatic rings. The van der Waals surface area contributed by atoms with E-state index in [1.807, 2.05) is 23.6 Å². The van der Waals surface area contributed by atoms with Gasteiger partial charge in [-0.2, -0.15) is 5.26 Å². The molecule has 2 heterocycles. The molecule has 0 atom stereocenters. The number of hydrogen-bond acceptors (Lipinski definition) is 7. The summed E-state index contributed by atoms with van der Waals surface area (Å²) in [6.45, 7) is 3.78. The van der Waals surface area contributed by atoms with Crippen LogP contribution in [0.5, 0.6) is 0 Å². The number of nitrogens with zero attached hydrogens (tertiary/aromatic N) is 3. The van der Waals surface area contributed by atoms with Crippen LogP contribution in [0.15, 0.2) is 29.6 Å². The summed E-state index contributed by atoms with van der Waals surface area (Å²) in [5.41, 5.74) is 1.41. The highest BCUT2D eigenvalue weighted by molar-refractivity contribution is 7.14. The van der Waals surface area contributed by atoms with Crippen LogP contribution in [0, 0.1) is 11.3 Å². The summed E-state index contributed by atoms with van der Waals surface area (Å²) >= 11 is 1.63. The maximum Gasteiger partial charge on any atom is 0.252 e. The van der Waals surface area contributed by atoms with Gasteiger partial charge in [-0.05, 0) is 25.0 Å². The van der Waals surface area contributed by atoms with Crippen molar-refractivity contribution in [2.45, 2.75) is 37.6 Å². The molecule has 1 aliphatic carbocycles. The minimum absolute atomic E-state index is 0.0608. The molecule has 0 unspecified atom stereocenters. The van der Waals surface area contributed by atoms with Gasteiger partial charge in [-0.3, -0.25) is 9.59 Å². The van der Waals surface area contributed by atoms with Crippen LogP contribution in [0.25, 0.3) is 11.3 Å². The van der Waals surface area contributed by atoms with Crippen molar-refractivity contribution < 1.29 is 9.59 Å². The maximum atomic E-state index is 13.0. The van der Waals surface area contributed by atoms with Gasteiger partial charge >= 0.3 is 0 Å². The lowest BCUT2D eigenvalue weighted by Crippen LogP contribution is -2.59.